The predicted molar refractivity (Wildman–Crippen MR) is 137 cm³/mol. The molecule has 2 heterocycles. The molecule has 8 heteroatoms. The van der Waals surface area contributed by atoms with E-state index in [0.29, 0.717) is 45.0 Å². The minimum Gasteiger partial charge on any atom is -0.508 e. The Balaban J connectivity index is 1.79. The molecule has 182 valence electrons. The van der Waals surface area contributed by atoms with Crippen molar-refractivity contribution < 1.29 is 10.2 Å². The molecule has 5 aromatic rings. The van der Waals surface area contributed by atoms with Crippen LogP contribution in [0.15, 0.2) is 88.5 Å². The van der Waals surface area contributed by atoms with Gasteiger partial charge in [0.15, 0.2) is 0 Å². The van der Waals surface area contributed by atoms with Crippen molar-refractivity contribution in [2.45, 2.75) is 26.4 Å². The number of aliphatic hydroxyl groups is 1. The van der Waals surface area contributed by atoms with E-state index in [-0.39, 0.29) is 23.5 Å². The molecule has 5 rings (SSSR count). The lowest BCUT2D eigenvalue weighted by atomic mass is 9.84. The molecule has 0 saturated heterocycles. The second-order valence-corrected chi connectivity index (χ2v) is 8.73. The fourth-order valence-electron chi connectivity index (χ4n) is 4.71. The first kappa shape index (κ1) is 23.2. The third-order valence-corrected chi connectivity index (χ3v) is 6.45. The number of aromatic nitrogens is 4. The summed E-state index contributed by atoms with van der Waals surface area (Å²) in [5, 5.41) is 26.3. The molecule has 3 aromatic carbocycles. The number of aryl methyl sites for hydroxylation is 2. The molecule has 2 aromatic heterocycles. The van der Waals surface area contributed by atoms with E-state index < -0.39 is 5.92 Å². The van der Waals surface area contributed by atoms with Crippen LogP contribution >= 0.6 is 0 Å². The molecule has 8 nitrogen and oxygen atoms in total. The number of nitrogens with zero attached hydrogens (tertiary/aromatic N) is 2. The molecule has 0 saturated carbocycles. The number of hydrogen-bond donors (Lipinski definition) is 4. The van der Waals surface area contributed by atoms with Gasteiger partial charge in [-0.2, -0.15) is 0 Å². The standard InChI is InChI=1S/C28H26N4O4/c1-17-24(27(35)31(29-17)21-9-5-3-6-10-21)26(19-13-14-23(34)20(15-19)16-33)25-18(2)30-32(28(25)36)22-11-7-4-8-12-22/h3-15,26,29-30,33-34H,16H2,1-2H3. The zero-order valence-corrected chi connectivity index (χ0v) is 19.9. The fraction of sp³-hybridized carbons (Fsp3) is 0.143. The van der Waals surface area contributed by atoms with Gasteiger partial charge in [0.1, 0.15) is 5.75 Å². The van der Waals surface area contributed by atoms with E-state index in [4.69, 9.17) is 0 Å². The minimum absolute atomic E-state index is 0.0556. The highest BCUT2D eigenvalue weighted by Crippen LogP contribution is 2.34. The Bertz CT molecular complexity index is 1550. The maximum absolute atomic E-state index is 13.8. The van der Waals surface area contributed by atoms with Gasteiger partial charge in [0.2, 0.25) is 0 Å². The van der Waals surface area contributed by atoms with E-state index in [2.05, 4.69) is 10.2 Å². The van der Waals surface area contributed by atoms with E-state index in [9.17, 15) is 19.8 Å². The molecule has 0 aliphatic rings. The Hall–Kier alpha value is -4.56. The summed E-state index contributed by atoms with van der Waals surface area (Å²) in [6, 6.07) is 23.2. The Morgan fingerprint density at radius 2 is 1.22 bits per heavy atom. The summed E-state index contributed by atoms with van der Waals surface area (Å²) in [5.74, 6) is -0.807. The number of aromatic hydroxyl groups is 1. The molecule has 0 atom stereocenters. The number of para-hydroxylation sites is 2. The Labute approximate surface area is 206 Å². The summed E-state index contributed by atoms with van der Waals surface area (Å²) >= 11 is 0. The smallest absolute Gasteiger partial charge is 0.275 e. The van der Waals surface area contributed by atoms with Crippen molar-refractivity contribution in [2.75, 3.05) is 0 Å². The van der Waals surface area contributed by atoms with Crippen molar-refractivity contribution in [3.05, 3.63) is 133 Å². The van der Waals surface area contributed by atoms with E-state index in [1.807, 2.05) is 60.7 Å². The van der Waals surface area contributed by atoms with Gasteiger partial charge in [-0.15, -0.1) is 0 Å². The fourth-order valence-corrected chi connectivity index (χ4v) is 4.71. The molecular formula is C28H26N4O4. The predicted octanol–water partition coefficient (Wildman–Crippen LogP) is 3.64. The van der Waals surface area contributed by atoms with Gasteiger partial charge in [0.25, 0.3) is 11.1 Å². The summed E-state index contributed by atoms with van der Waals surface area (Å²) in [4.78, 5) is 27.6. The summed E-state index contributed by atoms with van der Waals surface area (Å²) in [6.45, 7) is 3.22. The van der Waals surface area contributed by atoms with Gasteiger partial charge in [0.05, 0.1) is 29.1 Å². The summed E-state index contributed by atoms with van der Waals surface area (Å²) in [7, 11) is 0. The van der Waals surface area contributed by atoms with Crippen molar-refractivity contribution >= 4 is 0 Å². The van der Waals surface area contributed by atoms with Crippen LogP contribution in [-0.4, -0.2) is 29.8 Å². The maximum atomic E-state index is 13.8. The Morgan fingerprint density at radius 3 is 1.67 bits per heavy atom. The number of benzene rings is 3. The Morgan fingerprint density at radius 1 is 0.750 bits per heavy atom. The molecule has 0 aliphatic carbocycles. The van der Waals surface area contributed by atoms with E-state index in [0.717, 1.165) is 0 Å². The van der Waals surface area contributed by atoms with Crippen LogP contribution in [0.4, 0.5) is 0 Å². The average molecular weight is 483 g/mol. The van der Waals surface area contributed by atoms with Gasteiger partial charge < -0.3 is 10.2 Å². The summed E-state index contributed by atoms with van der Waals surface area (Å²) < 4.78 is 2.92. The van der Waals surface area contributed by atoms with Crippen LogP contribution < -0.4 is 11.1 Å². The van der Waals surface area contributed by atoms with Crippen LogP contribution in [-0.2, 0) is 6.61 Å². The van der Waals surface area contributed by atoms with Crippen LogP contribution in [0.3, 0.4) is 0 Å². The summed E-state index contributed by atoms with van der Waals surface area (Å²) in [6.07, 6.45) is 0. The molecule has 0 spiro atoms. The lowest BCUT2D eigenvalue weighted by molar-refractivity contribution is 0.275. The molecule has 4 N–H and O–H groups in total. The molecule has 0 fully saturated rings. The average Bonchev–Trinajstić information content (AvgIpc) is 3.36. The lowest BCUT2D eigenvalue weighted by Crippen LogP contribution is -2.25. The van der Waals surface area contributed by atoms with Crippen molar-refractivity contribution in [1.29, 1.82) is 0 Å². The van der Waals surface area contributed by atoms with Crippen molar-refractivity contribution in [1.82, 2.24) is 19.6 Å². The van der Waals surface area contributed by atoms with Crippen molar-refractivity contribution in [2.24, 2.45) is 0 Å². The molecule has 0 radical (unpaired) electrons. The minimum atomic E-state index is -0.752. The van der Waals surface area contributed by atoms with Crippen molar-refractivity contribution in [3.63, 3.8) is 0 Å². The van der Waals surface area contributed by atoms with Crippen LogP contribution in [0.1, 0.15) is 39.6 Å². The van der Waals surface area contributed by atoms with Gasteiger partial charge in [0, 0.05) is 22.9 Å². The number of phenols is 1. The quantitative estimate of drug-likeness (QED) is 0.296. The van der Waals surface area contributed by atoms with Crippen LogP contribution in [0.2, 0.25) is 0 Å². The van der Waals surface area contributed by atoms with E-state index in [1.54, 1.807) is 26.0 Å². The third kappa shape index (κ3) is 3.87. The van der Waals surface area contributed by atoms with E-state index >= 15 is 0 Å². The molecule has 0 bridgehead atoms. The summed E-state index contributed by atoms with van der Waals surface area (Å²) in [5.41, 5.74) is 3.73. The van der Waals surface area contributed by atoms with Gasteiger partial charge in [-0.25, -0.2) is 9.36 Å². The highest BCUT2D eigenvalue weighted by Gasteiger charge is 2.31. The normalized spacial score (nSPS) is 11.3. The lowest BCUT2D eigenvalue weighted by Gasteiger charge is -2.17. The van der Waals surface area contributed by atoms with Gasteiger partial charge in [-0.3, -0.25) is 19.8 Å². The SMILES string of the molecule is Cc1[nH]n(-c2ccccc2)c(=O)c1C(c1ccc(O)c(CO)c1)c1c(C)[nH]n(-c2ccccc2)c1=O. The largest absolute Gasteiger partial charge is 0.508 e. The molecule has 0 aliphatic heterocycles. The highest BCUT2D eigenvalue weighted by molar-refractivity contribution is 5.50. The molecule has 36 heavy (non-hydrogen) atoms. The number of hydrogen-bond acceptors (Lipinski definition) is 4. The van der Waals surface area contributed by atoms with Crippen LogP contribution in [0, 0.1) is 13.8 Å². The Kier molecular flexibility index (Phi) is 5.95. The molecule has 0 unspecified atom stereocenters. The highest BCUT2D eigenvalue weighted by atomic mass is 16.3. The second kappa shape index (κ2) is 9.24. The van der Waals surface area contributed by atoms with Crippen LogP contribution in [0.25, 0.3) is 11.4 Å². The van der Waals surface area contributed by atoms with Gasteiger partial charge in [-0.05, 0) is 55.8 Å². The van der Waals surface area contributed by atoms with Crippen molar-refractivity contribution in [3.8, 4) is 17.1 Å². The second-order valence-electron chi connectivity index (χ2n) is 8.73. The number of aliphatic hydroxyl groups excluding tert-OH is 1. The first-order chi connectivity index (χ1) is 17.4. The van der Waals surface area contributed by atoms with E-state index in [1.165, 1.54) is 15.4 Å². The van der Waals surface area contributed by atoms with Crippen LogP contribution in [0.5, 0.6) is 5.75 Å². The number of nitrogens with one attached hydrogen (secondary N) is 2. The first-order valence-corrected chi connectivity index (χ1v) is 11.6. The number of aromatic amines is 2. The molecular weight excluding hydrogens is 456 g/mol. The van der Waals surface area contributed by atoms with Gasteiger partial charge >= 0.3 is 0 Å². The third-order valence-electron chi connectivity index (χ3n) is 6.45. The first-order valence-electron chi connectivity index (χ1n) is 11.6. The topological polar surface area (TPSA) is 116 Å². The maximum Gasteiger partial charge on any atom is 0.275 e. The number of H-pyrrole nitrogens is 2. The molecule has 0 amide bonds. The number of rotatable bonds is 6. The van der Waals surface area contributed by atoms with Gasteiger partial charge in [-0.1, -0.05) is 42.5 Å². The zero-order valence-electron chi connectivity index (χ0n) is 19.9. The monoisotopic (exact) mass is 482 g/mol. The zero-order chi connectivity index (χ0) is 25.4.